The molecule has 0 amide bonds. The van der Waals surface area contributed by atoms with Crippen LogP contribution in [0.4, 0.5) is 0 Å². The van der Waals surface area contributed by atoms with E-state index in [9.17, 15) is 0 Å². The monoisotopic (exact) mass is 196 g/mol. The van der Waals surface area contributed by atoms with E-state index in [-0.39, 0.29) is 0 Å². The minimum absolute atomic E-state index is 0.777. The van der Waals surface area contributed by atoms with Crippen LogP contribution in [0, 0.1) is 11.8 Å². The number of nitrogens with one attached hydrogen (secondary N) is 1. The molecule has 0 aliphatic heterocycles. The molecule has 14 heavy (non-hydrogen) atoms. The summed E-state index contributed by atoms with van der Waals surface area (Å²) in [5.41, 5.74) is 0. The lowest BCUT2D eigenvalue weighted by Crippen LogP contribution is -2.33. The standard InChI is InChI=1S/C12H24N2/c1-9-6-10(9)8-14(3)12-5-4-11(7-12)13-2/h9-13H,4-8H2,1-3H3. The van der Waals surface area contributed by atoms with Gasteiger partial charge in [-0.25, -0.2) is 0 Å². The lowest BCUT2D eigenvalue weighted by molar-refractivity contribution is 0.230. The molecule has 0 saturated heterocycles. The summed E-state index contributed by atoms with van der Waals surface area (Å²) < 4.78 is 0. The van der Waals surface area contributed by atoms with Crippen molar-refractivity contribution in [2.45, 2.75) is 44.7 Å². The summed E-state index contributed by atoms with van der Waals surface area (Å²) in [5, 5.41) is 3.40. The van der Waals surface area contributed by atoms with Gasteiger partial charge in [-0.05, 0) is 51.6 Å². The van der Waals surface area contributed by atoms with E-state index >= 15 is 0 Å². The van der Waals surface area contributed by atoms with Crippen LogP contribution in [0.1, 0.15) is 32.6 Å². The molecule has 4 atom stereocenters. The molecule has 2 rings (SSSR count). The third-order valence-electron chi connectivity index (χ3n) is 4.24. The van der Waals surface area contributed by atoms with Gasteiger partial charge >= 0.3 is 0 Å². The topological polar surface area (TPSA) is 15.3 Å². The molecule has 0 aromatic carbocycles. The van der Waals surface area contributed by atoms with E-state index in [1.54, 1.807) is 0 Å². The highest BCUT2D eigenvalue weighted by atomic mass is 15.1. The number of hydrogen-bond acceptors (Lipinski definition) is 2. The van der Waals surface area contributed by atoms with Crippen molar-refractivity contribution >= 4 is 0 Å². The molecule has 0 spiro atoms. The molecule has 0 aromatic rings. The first-order valence-corrected chi connectivity index (χ1v) is 6.08. The van der Waals surface area contributed by atoms with Gasteiger partial charge in [-0.1, -0.05) is 6.92 Å². The van der Waals surface area contributed by atoms with Crippen molar-refractivity contribution in [2.75, 3.05) is 20.6 Å². The summed E-state index contributed by atoms with van der Waals surface area (Å²) in [4.78, 5) is 2.60. The molecule has 0 radical (unpaired) electrons. The Morgan fingerprint density at radius 2 is 2.00 bits per heavy atom. The molecule has 2 saturated carbocycles. The maximum absolute atomic E-state index is 3.40. The highest BCUT2D eigenvalue weighted by Gasteiger charge is 2.35. The second-order valence-electron chi connectivity index (χ2n) is 5.37. The number of rotatable bonds is 4. The fraction of sp³-hybridized carbons (Fsp3) is 1.00. The average molecular weight is 196 g/mol. The first kappa shape index (κ1) is 10.4. The van der Waals surface area contributed by atoms with Gasteiger partial charge in [0.2, 0.25) is 0 Å². The van der Waals surface area contributed by atoms with E-state index in [1.807, 2.05) is 0 Å². The first-order chi connectivity index (χ1) is 6.70. The van der Waals surface area contributed by atoms with E-state index in [1.165, 1.54) is 32.2 Å². The first-order valence-electron chi connectivity index (χ1n) is 6.08. The highest BCUT2D eigenvalue weighted by molar-refractivity contribution is 4.89. The van der Waals surface area contributed by atoms with Crippen molar-refractivity contribution in [2.24, 2.45) is 11.8 Å². The maximum Gasteiger partial charge on any atom is 0.0108 e. The number of nitrogens with zero attached hydrogens (tertiary/aromatic N) is 1. The van der Waals surface area contributed by atoms with Gasteiger partial charge in [0, 0.05) is 18.6 Å². The third-order valence-corrected chi connectivity index (χ3v) is 4.24. The van der Waals surface area contributed by atoms with Crippen LogP contribution in [0.25, 0.3) is 0 Å². The smallest absolute Gasteiger partial charge is 0.0108 e. The average Bonchev–Trinajstić information content (AvgIpc) is 2.72. The molecule has 2 aliphatic carbocycles. The van der Waals surface area contributed by atoms with Crippen LogP contribution >= 0.6 is 0 Å². The Bertz CT molecular complexity index is 193. The van der Waals surface area contributed by atoms with Crippen LogP contribution in [0.5, 0.6) is 0 Å². The zero-order chi connectivity index (χ0) is 10.1. The summed E-state index contributed by atoms with van der Waals surface area (Å²) in [6.07, 6.45) is 5.58. The summed E-state index contributed by atoms with van der Waals surface area (Å²) in [6, 6.07) is 1.62. The molecule has 2 nitrogen and oxygen atoms in total. The van der Waals surface area contributed by atoms with Crippen LogP contribution in [0.2, 0.25) is 0 Å². The Morgan fingerprint density at radius 3 is 2.50 bits per heavy atom. The zero-order valence-electron chi connectivity index (χ0n) is 9.79. The second-order valence-corrected chi connectivity index (χ2v) is 5.37. The SMILES string of the molecule is CNC1CCC(N(C)CC2CC2C)C1. The Morgan fingerprint density at radius 1 is 1.29 bits per heavy atom. The molecule has 2 fully saturated rings. The summed E-state index contributed by atoms with van der Waals surface area (Å²) in [6.45, 7) is 3.71. The van der Waals surface area contributed by atoms with Crippen LogP contribution in [0.15, 0.2) is 0 Å². The molecule has 82 valence electrons. The molecule has 0 heterocycles. The maximum atomic E-state index is 3.40. The Hall–Kier alpha value is -0.0800. The normalized spacial score (nSPS) is 42.0. The molecule has 0 bridgehead atoms. The molecular formula is C12H24N2. The molecule has 2 heteroatoms. The second kappa shape index (κ2) is 4.19. The van der Waals surface area contributed by atoms with Crippen LogP contribution in [0.3, 0.4) is 0 Å². The van der Waals surface area contributed by atoms with E-state index < -0.39 is 0 Å². The van der Waals surface area contributed by atoms with Crippen molar-refractivity contribution in [3.8, 4) is 0 Å². The van der Waals surface area contributed by atoms with Gasteiger partial charge in [0.25, 0.3) is 0 Å². The molecule has 0 aromatic heterocycles. The lowest BCUT2D eigenvalue weighted by atomic mass is 10.2. The fourth-order valence-corrected chi connectivity index (χ4v) is 2.79. The van der Waals surface area contributed by atoms with E-state index in [2.05, 4.69) is 31.2 Å². The summed E-state index contributed by atoms with van der Waals surface area (Å²) in [7, 11) is 4.41. The highest BCUT2D eigenvalue weighted by Crippen LogP contribution is 2.39. The quantitative estimate of drug-likeness (QED) is 0.736. The van der Waals surface area contributed by atoms with Gasteiger partial charge < -0.3 is 10.2 Å². The van der Waals surface area contributed by atoms with Crippen LogP contribution in [-0.2, 0) is 0 Å². The van der Waals surface area contributed by atoms with Crippen LogP contribution in [-0.4, -0.2) is 37.6 Å². The fourth-order valence-electron chi connectivity index (χ4n) is 2.79. The predicted octanol–water partition coefficient (Wildman–Crippen LogP) is 1.71. The Kier molecular flexibility index (Phi) is 3.13. The van der Waals surface area contributed by atoms with Crippen molar-refractivity contribution in [1.29, 1.82) is 0 Å². The lowest BCUT2D eigenvalue weighted by Gasteiger charge is -2.24. The zero-order valence-corrected chi connectivity index (χ0v) is 9.79. The van der Waals surface area contributed by atoms with Gasteiger partial charge in [0.05, 0.1) is 0 Å². The van der Waals surface area contributed by atoms with Gasteiger partial charge in [0.15, 0.2) is 0 Å². The van der Waals surface area contributed by atoms with E-state index in [0.717, 1.165) is 23.9 Å². The Balaban J connectivity index is 1.72. The van der Waals surface area contributed by atoms with Crippen LogP contribution < -0.4 is 5.32 Å². The molecule has 4 unspecified atom stereocenters. The predicted molar refractivity (Wildman–Crippen MR) is 60.4 cm³/mol. The van der Waals surface area contributed by atoms with E-state index in [0.29, 0.717) is 0 Å². The molecule has 2 aliphatic rings. The molecule has 1 N–H and O–H groups in total. The van der Waals surface area contributed by atoms with Gasteiger partial charge in [0.1, 0.15) is 0 Å². The summed E-state index contributed by atoms with van der Waals surface area (Å²) >= 11 is 0. The van der Waals surface area contributed by atoms with Crippen molar-refractivity contribution in [1.82, 2.24) is 10.2 Å². The van der Waals surface area contributed by atoms with Crippen molar-refractivity contribution in [3.63, 3.8) is 0 Å². The minimum atomic E-state index is 0.777. The largest absolute Gasteiger partial charge is 0.317 e. The van der Waals surface area contributed by atoms with E-state index in [4.69, 9.17) is 0 Å². The van der Waals surface area contributed by atoms with Crippen molar-refractivity contribution in [3.05, 3.63) is 0 Å². The Labute approximate surface area is 88.1 Å². The van der Waals surface area contributed by atoms with Gasteiger partial charge in [-0.2, -0.15) is 0 Å². The van der Waals surface area contributed by atoms with Crippen molar-refractivity contribution < 1.29 is 0 Å². The van der Waals surface area contributed by atoms with Gasteiger partial charge in [-0.15, -0.1) is 0 Å². The van der Waals surface area contributed by atoms with Gasteiger partial charge in [-0.3, -0.25) is 0 Å². The summed E-state index contributed by atoms with van der Waals surface area (Å²) in [5.74, 6) is 2.01. The minimum Gasteiger partial charge on any atom is -0.317 e. The third kappa shape index (κ3) is 2.29. The number of hydrogen-bond donors (Lipinski definition) is 1. The molecular weight excluding hydrogens is 172 g/mol.